The maximum absolute atomic E-state index is 12.4. The number of aliphatic hydroxyl groups is 1. The monoisotopic (exact) mass is 268 g/mol. The second-order valence-corrected chi connectivity index (χ2v) is 6.12. The van der Waals surface area contributed by atoms with Crippen LogP contribution in [0.15, 0.2) is 0 Å². The number of amides is 1. The minimum Gasteiger partial charge on any atom is -0.393 e. The van der Waals surface area contributed by atoms with Crippen molar-refractivity contribution in [1.82, 2.24) is 9.80 Å². The van der Waals surface area contributed by atoms with Crippen molar-refractivity contribution in [3.8, 4) is 0 Å². The molecule has 110 valence electrons. The van der Waals surface area contributed by atoms with E-state index in [4.69, 9.17) is 0 Å². The van der Waals surface area contributed by atoms with Crippen LogP contribution in [0.4, 0.5) is 0 Å². The highest BCUT2D eigenvalue weighted by molar-refractivity contribution is 5.79. The Kier molecular flexibility index (Phi) is 5.22. The van der Waals surface area contributed by atoms with Gasteiger partial charge < -0.3 is 10.0 Å². The van der Waals surface area contributed by atoms with Crippen molar-refractivity contribution >= 4 is 5.91 Å². The molecule has 19 heavy (non-hydrogen) atoms. The van der Waals surface area contributed by atoms with Gasteiger partial charge in [0.2, 0.25) is 5.91 Å². The number of hydrogen-bond acceptors (Lipinski definition) is 3. The van der Waals surface area contributed by atoms with E-state index in [0.29, 0.717) is 18.6 Å². The highest BCUT2D eigenvalue weighted by Gasteiger charge is 2.33. The third-order valence-corrected chi connectivity index (χ3v) is 4.35. The first-order valence-electron chi connectivity index (χ1n) is 7.83. The summed E-state index contributed by atoms with van der Waals surface area (Å²) in [6, 6.07) is 0.896. The predicted molar refractivity (Wildman–Crippen MR) is 75.9 cm³/mol. The fourth-order valence-electron chi connectivity index (χ4n) is 3.22. The van der Waals surface area contributed by atoms with Crippen LogP contribution in [0.1, 0.15) is 52.4 Å². The van der Waals surface area contributed by atoms with Gasteiger partial charge in [-0.15, -0.1) is 0 Å². The Morgan fingerprint density at radius 3 is 2.68 bits per heavy atom. The summed E-state index contributed by atoms with van der Waals surface area (Å²) in [7, 11) is 0. The molecule has 1 saturated heterocycles. The average molecular weight is 268 g/mol. The minimum atomic E-state index is -0.272. The molecule has 2 unspecified atom stereocenters. The van der Waals surface area contributed by atoms with Gasteiger partial charge in [0.1, 0.15) is 0 Å². The fraction of sp³-hybridized carbons (Fsp3) is 0.933. The molecule has 0 aromatic heterocycles. The van der Waals surface area contributed by atoms with Gasteiger partial charge in [-0.05, 0) is 52.5 Å². The summed E-state index contributed by atoms with van der Waals surface area (Å²) < 4.78 is 0. The second kappa shape index (κ2) is 6.71. The van der Waals surface area contributed by atoms with E-state index >= 15 is 0 Å². The Bertz CT molecular complexity index is 303. The first kappa shape index (κ1) is 14.8. The Morgan fingerprint density at radius 2 is 2.11 bits per heavy atom. The van der Waals surface area contributed by atoms with Crippen LogP contribution in [0.5, 0.6) is 0 Å². The highest BCUT2D eigenvalue weighted by atomic mass is 16.3. The average Bonchev–Trinajstić information content (AvgIpc) is 3.16. The van der Waals surface area contributed by atoms with Gasteiger partial charge in [0, 0.05) is 18.6 Å². The van der Waals surface area contributed by atoms with E-state index in [2.05, 4.69) is 11.8 Å². The lowest BCUT2D eigenvalue weighted by molar-refractivity contribution is -0.134. The molecular formula is C15H28N2O2. The minimum absolute atomic E-state index is 0.272. The molecule has 1 N–H and O–H groups in total. The van der Waals surface area contributed by atoms with E-state index in [0.717, 1.165) is 25.9 Å². The highest BCUT2D eigenvalue weighted by Crippen LogP contribution is 2.27. The molecule has 0 spiro atoms. The molecule has 2 atom stereocenters. The smallest absolute Gasteiger partial charge is 0.236 e. The lowest BCUT2D eigenvalue weighted by atomic mass is 9.97. The van der Waals surface area contributed by atoms with Crippen LogP contribution in [0.25, 0.3) is 0 Å². The lowest BCUT2D eigenvalue weighted by Gasteiger charge is -2.37. The number of carbonyl (C=O) groups is 1. The zero-order valence-electron chi connectivity index (χ0n) is 12.3. The second-order valence-electron chi connectivity index (χ2n) is 6.12. The van der Waals surface area contributed by atoms with Gasteiger partial charge in [0.15, 0.2) is 0 Å². The van der Waals surface area contributed by atoms with Gasteiger partial charge >= 0.3 is 0 Å². The maximum Gasteiger partial charge on any atom is 0.236 e. The molecule has 2 rings (SSSR count). The molecule has 1 amide bonds. The predicted octanol–water partition coefficient (Wildman–Crippen LogP) is 1.62. The standard InChI is InChI=1S/C15H28N2O2/c1-3-17(13-7-8-13)15(19)11-16-9-5-4-6-14(16)10-12(2)18/h12-14,18H,3-11H2,1-2H3. The topological polar surface area (TPSA) is 43.8 Å². The summed E-state index contributed by atoms with van der Waals surface area (Å²) in [6.07, 6.45) is 6.40. The van der Waals surface area contributed by atoms with Crippen molar-refractivity contribution in [2.24, 2.45) is 0 Å². The Hall–Kier alpha value is -0.610. The Morgan fingerprint density at radius 1 is 1.37 bits per heavy atom. The molecule has 0 aromatic carbocycles. The summed E-state index contributed by atoms with van der Waals surface area (Å²) >= 11 is 0. The van der Waals surface area contributed by atoms with Crippen LogP contribution in [0.2, 0.25) is 0 Å². The van der Waals surface area contributed by atoms with Crippen LogP contribution >= 0.6 is 0 Å². The van der Waals surface area contributed by atoms with Crippen LogP contribution in [-0.4, -0.2) is 58.6 Å². The first-order valence-corrected chi connectivity index (χ1v) is 7.83. The van der Waals surface area contributed by atoms with Gasteiger partial charge in [-0.3, -0.25) is 9.69 Å². The summed E-state index contributed by atoms with van der Waals surface area (Å²) in [4.78, 5) is 16.7. The van der Waals surface area contributed by atoms with Crippen LogP contribution in [0.3, 0.4) is 0 Å². The van der Waals surface area contributed by atoms with Crippen molar-refractivity contribution in [3.63, 3.8) is 0 Å². The lowest BCUT2D eigenvalue weighted by Crippen LogP contribution is -2.48. The van der Waals surface area contributed by atoms with E-state index < -0.39 is 0 Å². The normalized spacial score (nSPS) is 26.2. The van der Waals surface area contributed by atoms with Crippen LogP contribution in [0, 0.1) is 0 Å². The molecule has 2 fully saturated rings. The molecule has 0 radical (unpaired) electrons. The van der Waals surface area contributed by atoms with Crippen molar-refractivity contribution < 1.29 is 9.90 Å². The van der Waals surface area contributed by atoms with E-state index in [-0.39, 0.29) is 12.0 Å². The van der Waals surface area contributed by atoms with Crippen molar-refractivity contribution in [1.29, 1.82) is 0 Å². The van der Waals surface area contributed by atoms with Gasteiger partial charge in [-0.25, -0.2) is 0 Å². The Balaban J connectivity index is 1.88. The van der Waals surface area contributed by atoms with E-state index in [1.807, 2.05) is 11.8 Å². The molecule has 2 aliphatic rings. The van der Waals surface area contributed by atoms with Crippen LogP contribution in [-0.2, 0) is 4.79 Å². The van der Waals surface area contributed by atoms with Gasteiger partial charge in [-0.2, -0.15) is 0 Å². The number of nitrogens with zero attached hydrogens (tertiary/aromatic N) is 2. The number of likely N-dealkylation sites (tertiary alicyclic amines) is 1. The number of likely N-dealkylation sites (N-methyl/N-ethyl adjacent to an activating group) is 1. The summed E-state index contributed by atoms with van der Waals surface area (Å²) in [5.41, 5.74) is 0. The first-order chi connectivity index (χ1) is 9.11. The fourth-order valence-corrected chi connectivity index (χ4v) is 3.22. The van der Waals surface area contributed by atoms with Gasteiger partial charge in [0.25, 0.3) is 0 Å². The van der Waals surface area contributed by atoms with Crippen molar-refractivity contribution in [2.75, 3.05) is 19.6 Å². The SMILES string of the molecule is CCN(C(=O)CN1CCCCC1CC(C)O)C1CC1. The molecule has 1 heterocycles. The molecule has 4 nitrogen and oxygen atoms in total. The Labute approximate surface area is 116 Å². The van der Waals surface area contributed by atoms with E-state index in [9.17, 15) is 9.90 Å². The zero-order valence-corrected chi connectivity index (χ0v) is 12.3. The van der Waals surface area contributed by atoms with Crippen LogP contribution < -0.4 is 0 Å². The van der Waals surface area contributed by atoms with E-state index in [1.165, 1.54) is 25.7 Å². The number of piperidine rings is 1. The summed E-state index contributed by atoms with van der Waals surface area (Å²) in [6.45, 7) is 6.29. The van der Waals surface area contributed by atoms with Crippen molar-refractivity contribution in [3.05, 3.63) is 0 Å². The number of rotatable bonds is 6. The molecule has 1 aliphatic carbocycles. The largest absolute Gasteiger partial charge is 0.393 e. The maximum atomic E-state index is 12.4. The molecule has 0 bridgehead atoms. The number of carbonyl (C=O) groups excluding carboxylic acids is 1. The quantitative estimate of drug-likeness (QED) is 0.796. The zero-order chi connectivity index (χ0) is 13.8. The van der Waals surface area contributed by atoms with Gasteiger partial charge in [-0.1, -0.05) is 6.42 Å². The molecule has 4 heteroatoms. The molecule has 1 saturated carbocycles. The third-order valence-electron chi connectivity index (χ3n) is 4.35. The molecule has 1 aliphatic heterocycles. The molecular weight excluding hydrogens is 240 g/mol. The van der Waals surface area contributed by atoms with Crippen molar-refractivity contribution in [2.45, 2.75) is 70.6 Å². The summed E-state index contributed by atoms with van der Waals surface area (Å²) in [5.74, 6) is 0.280. The number of hydrogen-bond donors (Lipinski definition) is 1. The van der Waals surface area contributed by atoms with Gasteiger partial charge in [0.05, 0.1) is 12.6 Å². The number of aliphatic hydroxyl groups excluding tert-OH is 1. The molecule has 0 aromatic rings. The van der Waals surface area contributed by atoms with E-state index in [1.54, 1.807) is 0 Å². The third kappa shape index (κ3) is 4.18. The summed E-state index contributed by atoms with van der Waals surface area (Å²) in [5, 5.41) is 9.59.